The number of fused-ring (bicyclic) bond motifs is 4. The standard InChI is InChI=1S/C18H22N4O.C17H20N4O.C14H19BrN2.C7H6Br2.C7H14N2.C4H4N2O/c1-20-12-15-8-10-21(17(15)13-20)16-6-4-14(5-7-16)11-22-18(23)3-2-9-19-22;22-17-2-1-8-19-21(17)12-13-3-5-15(6-4-13)20-9-7-14-10-18-11-16(14)20;1-16-9-12-6-7-17(14(12)10-16)13-4-2-11(8-15)3-5-13;8-5-6-1-3-7(9)4-2-6;1-9-4-6-2-3-8-7(6)5-9;7-4-2-1-3-5-6-4/h2-7,9,15,17H,8,10-13H2,1H3;1-6,8,14,16,18H,7,9-12H2;2-5,12,14H,6-10H2,1H3;1-4H,5H2;6-8H,2-5H2,1H3;1-3H,(H,6,7)/t15-,17+;14-,16+;12-,14+;;6-,7+;/m111.1./s1. The van der Waals surface area contributed by atoms with Crippen LogP contribution in [0.25, 0.3) is 0 Å². The molecule has 8 aliphatic heterocycles. The molecule has 0 saturated carbocycles. The molecule has 4 aromatic carbocycles. The first-order valence-electron chi connectivity index (χ1n) is 30.8. The van der Waals surface area contributed by atoms with Gasteiger partial charge in [-0.2, -0.15) is 15.3 Å². The topological polar surface area (TPSA) is 159 Å². The number of anilines is 3. The van der Waals surface area contributed by atoms with E-state index in [1.54, 1.807) is 42.7 Å². The Morgan fingerprint density at radius 1 is 0.471 bits per heavy atom. The molecule has 20 heteroatoms. The maximum Gasteiger partial charge on any atom is 0.267 e. The van der Waals surface area contributed by atoms with Crippen LogP contribution in [0, 0.1) is 23.7 Å². The average molecular weight is 1370 g/mol. The van der Waals surface area contributed by atoms with Gasteiger partial charge in [0, 0.05) is 165 Å². The lowest BCUT2D eigenvalue weighted by Gasteiger charge is -2.26. The van der Waals surface area contributed by atoms with Crippen molar-refractivity contribution in [1.29, 1.82) is 0 Å². The van der Waals surface area contributed by atoms with Crippen molar-refractivity contribution in [3.8, 4) is 0 Å². The van der Waals surface area contributed by atoms with E-state index in [-0.39, 0.29) is 16.7 Å². The van der Waals surface area contributed by atoms with E-state index in [4.69, 9.17) is 0 Å². The van der Waals surface area contributed by atoms with Crippen LogP contribution >= 0.6 is 47.8 Å². The third-order valence-corrected chi connectivity index (χ3v) is 20.1. The van der Waals surface area contributed by atoms with E-state index in [0.29, 0.717) is 25.2 Å². The van der Waals surface area contributed by atoms with E-state index < -0.39 is 0 Å². The van der Waals surface area contributed by atoms with Crippen LogP contribution in [0.1, 0.15) is 47.9 Å². The fraction of sp³-hybridized carbons (Fsp3) is 0.463. The first kappa shape index (κ1) is 64.2. The number of nitrogens with zero attached hydrogens (tertiary/aromatic N) is 11. The molecular formula is C67H85Br3N14O3. The van der Waals surface area contributed by atoms with Crippen LogP contribution < -0.4 is 42.0 Å². The molecule has 17 nitrogen and oxygen atoms in total. The number of alkyl halides is 2. The summed E-state index contributed by atoms with van der Waals surface area (Å²) in [7, 11) is 6.66. The van der Waals surface area contributed by atoms with Crippen molar-refractivity contribution in [2.45, 2.75) is 73.6 Å². The SMILES string of the molecule is BrCc1ccc(Br)cc1.CN1C[C@H]2CCN(c3ccc(CBr)cc3)[C@H]2C1.CN1C[C@H]2CCN(c3ccc(Cn4ncccc4=O)cc3)[C@H]2C1.CN1C[C@H]2CCN[C@H]2C1.O=c1cccn[nH]1.O=c1cccnn1Cc1ccc(N2CC[C@@H]3CNC[C@@H]32)cc1. The number of aromatic amines is 1. The van der Waals surface area contributed by atoms with Crippen LogP contribution in [0.5, 0.6) is 0 Å². The molecule has 8 atom stereocenters. The zero-order valence-corrected chi connectivity index (χ0v) is 55.2. The smallest absolute Gasteiger partial charge is 0.267 e. The van der Waals surface area contributed by atoms with Crippen LogP contribution in [0.2, 0.25) is 0 Å². The van der Waals surface area contributed by atoms with Crippen LogP contribution in [-0.2, 0) is 23.7 Å². The van der Waals surface area contributed by atoms with E-state index in [0.717, 1.165) is 94.7 Å². The molecular weight excluding hydrogens is 1290 g/mol. The number of aromatic nitrogens is 6. The van der Waals surface area contributed by atoms with Crippen molar-refractivity contribution in [3.05, 3.63) is 210 Å². The molecule has 8 saturated heterocycles. The Kier molecular flexibility index (Phi) is 23.3. The lowest BCUT2D eigenvalue weighted by Crippen LogP contribution is -2.34. The van der Waals surface area contributed by atoms with E-state index >= 15 is 0 Å². The molecule has 11 heterocycles. The Labute approximate surface area is 537 Å². The van der Waals surface area contributed by atoms with E-state index in [2.05, 4.69) is 214 Å². The van der Waals surface area contributed by atoms with Gasteiger partial charge >= 0.3 is 0 Å². The third kappa shape index (κ3) is 17.5. The Bertz CT molecular complexity index is 3380. The molecule has 0 aliphatic carbocycles. The van der Waals surface area contributed by atoms with Crippen LogP contribution in [-0.4, -0.2) is 168 Å². The van der Waals surface area contributed by atoms with Gasteiger partial charge in [0.2, 0.25) is 0 Å². The second-order valence-electron chi connectivity index (χ2n) is 24.4. The number of hydrogen-bond acceptors (Lipinski definition) is 14. The number of benzene rings is 4. The van der Waals surface area contributed by atoms with Crippen molar-refractivity contribution < 1.29 is 0 Å². The summed E-state index contributed by atoms with van der Waals surface area (Å²) in [6.07, 6.45) is 10.1. The van der Waals surface area contributed by atoms with Gasteiger partial charge in [0.15, 0.2) is 0 Å². The molecule has 8 aliphatic rings. The fourth-order valence-electron chi connectivity index (χ4n) is 13.8. The minimum absolute atomic E-state index is 0.0621. The normalized spacial score (nSPS) is 24.2. The Hall–Kier alpha value is -5.84. The lowest BCUT2D eigenvalue weighted by molar-refractivity contribution is 0.382. The summed E-state index contributed by atoms with van der Waals surface area (Å²) in [5.74, 6) is 3.46. The van der Waals surface area contributed by atoms with E-state index in [1.165, 1.54) is 121 Å². The number of halogens is 3. The van der Waals surface area contributed by atoms with Gasteiger partial charge < -0.3 is 40.0 Å². The van der Waals surface area contributed by atoms with Gasteiger partial charge in [-0.25, -0.2) is 14.5 Å². The Morgan fingerprint density at radius 2 is 0.920 bits per heavy atom. The highest BCUT2D eigenvalue weighted by molar-refractivity contribution is 9.10. The van der Waals surface area contributed by atoms with Crippen LogP contribution in [0.15, 0.2) is 171 Å². The summed E-state index contributed by atoms with van der Waals surface area (Å²) in [5.41, 5.74) is 8.56. The number of nitrogens with one attached hydrogen (secondary N) is 3. The van der Waals surface area contributed by atoms with Crippen molar-refractivity contribution in [2.24, 2.45) is 23.7 Å². The molecule has 462 valence electrons. The molecule has 7 aromatic rings. The number of likely N-dealkylation sites (tertiary alicyclic amines) is 3. The highest BCUT2D eigenvalue weighted by atomic mass is 79.9. The van der Waals surface area contributed by atoms with E-state index in [9.17, 15) is 14.4 Å². The quantitative estimate of drug-likeness (QED) is 0.119. The summed E-state index contributed by atoms with van der Waals surface area (Å²) in [6, 6.07) is 46.7. The molecule has 0 radical (unpaired) electrons. The molecule has 0 spiro atoms. The maximum atomic E-state index is 11.7. The zero-order chi connectivity index (χ0) is 60.7. The largest absolute Gasteiger partial charge is 0.367 e. The Morgan fingerprint density at radius 3 is 1.37 bits per heavy atom. The molecule has 3 N–H and O–H groups in total. The number of H-pyrrole nitrogens is 1. The molecule has 87 heavy (non-hydrogen) atoms. The third-order valence-electron chi connectivity index (χ3n) is 18.3. The van der Waals surface area contributed by atoms with Gasteiger partial charge in [0.05, 0.1) is 13.1 Å². The van der Waals surface area contributed by atoms with Crippen molar-refractivity contribution in [1.82, 2.24) is 55.1 Å². The van der Waals surface area contributed by atoms with Gasteiger partial charge in [-0.1, -0.05) is 96.3 Å². The van der Waals surface area contributed by atoms with Gasteiger partial charge in [0.1, 0.15) is 0 Å². The number of rotatable bonds is 9. The van der Waals surface area contributed by atoms with Crippen molar-refractivity contribution >= 4 is 64.9 Å². The van der Waals surface area contributed by atoms with Gasteiger partial charge in [-0.3, -0.25) is 14.4 Å². The molecule has 0 amide bonds. The molecule has 15 rings (SSSR count). The van der Waals surface area contributed by atoms with Crippen LogP contribution in [0.3, 0.4) is 0 Å². The predicted octanol–water partition coefficient (Wildman–Crippen LogP) is 8.27. The minimum atomic E-state index is -0.164. The van der Waals surface area contributed by atoms with Crippen LogP contribution in [0.4, 0.5) is 17.1 Å². The molecule has 3 aromatic heterocycles. The summed E-state index contributed by atoms with van der Waals surface area (Å²) in [5, 5.41) is 22.8. The summed E-state index contributed by atoms with van der Waals surface area (Å²) in [6.45, 7) is 15.6. The Balaban J connectivity index is 0.000000122. The van der Waals surface area contributed by atoms with Gasteiger partial charge in [0.25, 0.3) is 16.7 Å². The monoisotopic (exact) mass is 1370 g/mol. The highest BCUT2D eigenvalue weighted by Crippen LogP contribution is 2.37. The van der Waals surface area contributed by atoms with E-state index in [1.807, 2.05) is 12.1 Å². The van der Waals surface area contributed by atoms with Gasteiger partial charge in [-0.05, 0) is 166 Å². The minimum Gasteiger partial charge on any atom is -0.367 e. The zero-order valence-electron chi connectivity index (χ0n) is 50.5. The average Bonchev–Trinajstić information content (AvgIpc) is 2.46. The summed E-state index contributed by atoms with van der Waals surface area (Å²) < 4.78 is 4.11. The lowest BCUT2D eigenvalue weighted by atomic mass is 10.0. The number of hydrogen-bond donors (Lipinski definition) is 3. The number of likely N-dealkylation sites (N-methyl/N-ethyl adjacent to an activating group) is 3. The molecule has 0 unspecified atom stereocenters. The fourth-order valence-corrected chi connectivity index (χ4v) is 14.8. The van der Waals surface area contributed by atoms with Crippen molar-refractivity contribution in [2.75, 3.05) is 114 Å². The second kappa shape index (κ2) is 31.6. The highest BCUT2D eigenvalue weighted by Gasteiger charge is 2.42. The maximum absolute atomic E-state index is 11.7. The molecule has 0 bridgehead atoms. The summed E-state index contributed by atoms with van der Waals surface area (Å²) in [4.78, 5) is 48.6. The van der Waals surface area contributed by atoms with Gasteiger partial charge in [-0.15, -0.1) is 0 Å². The predicted molar refractivity (Wildman–Crippen MR) is 362 cm³/mol. The second-order valence-corrected chi connectivity index (χ2v) is 26.4. The first-order valence-corrected chi connectivity index (χ1v) is 33.9. The van der Waals surface area contributed by atoms with Crippen molar-refractivity contribution in [3.63, 3.8) is 0 Å². The molecule has 8 fully saturated rings. The summed E-state index contributed by atoms with van der Waals surface area (Å²) >= 11 is 10.2. The first-order chi connectivity index (χ1) is 42.4.